The van der Waals surface area contributed by atoms with E-state index < -0.39 is 5.97 Å². The van der Waals surface area contributed by atoms with Crippen molar-refractivity contribution in [2.45, 2.75) is 6.54 Å². The minimum absolute atomic E-state index is 0.249. The zero-order chi connectivity index (χ0) is 18.1. The molecule has 0 radical (unpaired) electrons. The summed E-state index contributed by atoms with van der Waals surface area (Å²) in [5, 5.41) is 9.18. The maximum atomic E-state index is 12.1. The van der Waals surface area contributed by atoms with Gasteiger partial charge < -0.3 is 9.30 Å². The summed E-state index contributed by atoms with van der Waals surface area (Å²) >= 11 is 1.57. The first-order valence-corrected chi connectivity index (χ1v) is 8.69. The molecule has 0 amide bonds. The second kappa shape index (κ2) is 6.57. The van der Waals surface area contributed by atoms with E-state index in [1.165, 1.54) is 7.11 Å². The third-order valence-electron chi connectivity index (χ3n) is 3.99. The van der Waals surface area contributed by atoms with Crippen molar-refractivity contribution < 1.29 is 9.53 Å². The summed E-state index contributed by atoms with van der Waals surface area (Å²) in [4.78, 5) is 28.3. The average molecular weight is 366 g/mol. The van der Waals surface area contributed by atoms with Crippen molar-refractivity contribution in [3.05, 3.63) is 69.7 Å². The van der Waals surface area contributed by atoms with Gasteiger partial charge in [-0.15, -0.1) is 11.3 Å². The van der Waals surface area contributed by atoms with Crippen molar-refractivity contribution >= 4 is 17.3 Å². The molecule has 26 heavy (non-hydrogen) atoms. The Morgan fingerprint density at radius 2 is 2.23 bits per heavy atom. The number of hydrogen-bond acceptors (Lipinski definition) is 6. The highest BCUT2D eigenvalue weighted by Crippen LogP contribution is 2.24. The number of carbonyl (C=O) groups excluding carboxylic acids is 1. The summed E-state index contributed by atoms with van der Waals surface area (Å²) in [6.07, 6.45) is 5.10. The molecule has 8 heteroatoms. The number of nitrogens with one attached hydrogen (secondary N) is 1. The summed E-state index contributed by atoms with van der Waals surface area (Å²) in [7, 11) is 1.30. The second-order valence-electron chi connectivity index (χ2n) is 5.69. The van der Waals surface area contributed by atoms with Crippen LogP contribution < -0.4 is 5.56 Å². The van der Waals surface area contributed by atoms with E-state index >= 15 is 0 Å². The number of fused-ring (bicyclic) bond motifs is 1. The first-order chi connectivity index (χ1) is 12.7. The van der Waals surface area contributed by atoms with Crippen molar-refractivity contribution in [3.63, 3.8) is 0 Å². The fraction of sp³-hybridized carbons (Fsp3) is 0.111. The summed E-state index contributed by atoms with van der Waals surface area (Å²) in [6.45, 7) is 0.490. The van der Waals surface area contributed by atoms with E-state index in [2.05, 4.69) is 15.2 Å². The van der Waals surface area contributed by atoms with E-state index in [0.717, 1.165) is 16.1 Å². The van der Waals surface area contributed by atoms with Gasteiger partial charge in [-0.1, -0.05) is 18.2 Å². The van der Waals surface area contributed by atoms with Gasteiger partial charge in [0.1, 0.15) is 16.3 Å². The number of pyridine rings is 1. The Balaban J connectivity index is 1.75. The lowest BCUT2D eigenvalue weighted by atomic mass is 10.1. The normalized spacial score (nSPS) is 11.0. The molecule has 2 aliphatic rings. The maximum Gasteiger partial charge on any atom is 0.341 e. The fourth-order valence-electron chi connectivity index (χ4n) is 2.82. The average Bonchev–Trinajstić information content (AvgIpc) is 3.32. The second-order valence-corrected chi connectivity index (χ2v) is 6.58. The van der Waals surface area contributed by atoms with Crippen molar-refractivity contribution in [1.82, 2.24) is 19.7 Å². The number of aromatic nitrogens is 4. The third-order valence-corrected chi connectivity index (χ3v) is 4.81. The number of carbonyl (C=O) groups is 1. The van der Waals surface area contributed by atoms with Crippen LogP contribution in [0.4, 0.5) is 0 Å². The van der Waals surface area contributed by atoms with Gasteiger partial charge in [-0.2, -0.15) is 5.10 Å². The Kier molecular flexibility index (Phi) is 4.10. The molecule has 0 unspecified atom stereocenters. The number of H-pyrrole nitrogens is 1. The smallest absolute Gasteiger partial charge is 0.341 e. The van der Waals surface area contributed by atoms with Crippen LogP contribution in [-0.4, -0.2) is 32.8 Å². The molecule has 1 aromatic carbocycles. The summed E-state index contributed by atoms with van der Waals surface area (Å²) in [6, 6.07) is 7.99. The topological polar surface area (TPSA) is 89.9 Å². The third kappa shape index (κ3) is 2.91. The Morgan fingerprint density at radius 3 is 3.00 bits per heavy atom. The molecule has 4 rings (SSSR count). The van der Waals surface area contributed by atoms with Crippen LogP contribution in [0.2, 0.25) is 0 Å². The Morgan fingerprint density at radius 1 is 1.35 bits per heavy atom. The molecule has 0 fully saturated rings. The summed E-state index contributed by atoms with van der Waals surface area (Å²) in [5.41, 5.74) is 2.63. The van der Waals surface area contributed by atoms with Crippen molar-refractivity contribution in [2.75, 3.05) is 7.11 Å². The fourth-order valence-corrected chi connectivity index (χ4v) is 3.46. The highest BCUT2D eigenvalue weighted by Gasteiger charge is 2.21. The minimum Gasteiger partial charge on any atom is -0.465 e. The zero-order valence-electron chi connectivity index (χ0n) is 13.8. The first-order valence-electron chi connectivity index (χ1n) is 7.81. The minimum atomic E-state index is -0.535. The lowest BCUT2D eigenvalue weighted by Gasteiger charge is -2.12. The molecule has 2 aromatic rings. The number of esters is 1. The number of thiazole rings is 1. The molecular formula is C18H14N4O3S. The predicted molar refractivity (Wildman–Crippen MR) is 97.5 cm³/mol. The quantitative estimate of drug-likeness (QED) is 0.561. The van der Waals surface area contributed by atoms with Crippen LogP contribution in [0.1, 0.15) is 15.9 Å². The summed E-state index contributed by atoms with van der Waals surface area (Å²) < 4.78 is 6.60. The van der Waals surface area contributed by atoms with Gasteiger partial charge in [0.05, 0.1) is 12.7 Å². The van der Waals surface area contributed by atoms with E-state index in [4.69, 9.17) is 4.74 Å². The molecule has 0 saturated carbocycles. The highest BCUT2D eigenvalue weighted by molar-refractivity contribution is 7.13. The molecule has 1 aromatic heterocycles. The van der Waals surface area contributed by atoms with Crippen molar-refractivity contribution in [3.8, 4) is 21.8 Å². The van der Waals surface area contributed by atoms with E-state index in [9.17, 15) is 9.59 Å². The largest absolute Gasteiger partial charge is 0.465 e. The van der Waals surface area contributed by atoms with Crippen LogP contribution >= 0.6 is 11.3 Å². The molecule has 7 nitrogen and oxygen atoms in total. The molecular weight excluding hydrogens is 352 g/mol. The monoisotopic (exact) mass is 366 g/mol. The van der Waals surface area contributed by atoms with E-state index in [0.29, 0.717) is 17.8 Å². The van der Waals surface area contributed by atoms with Gasteiger partial charge in [0.25, 0.3) is 5.56 Å². The molecule has 2 aliphatic heterocycles. The maximum absolute atomic E-state index is 12.1. The van der Waals surface area contributed by atoms with E-state index in [1.807, 2.05) is 29.6 Å². The molecule has 3 heterocycles. The van der Waals surface area contributed by atoms with Crippen LogP contribution in [0, 0.1) is 0 Å². The number of nitrogens with zero attached hydrogens (tertiary/aromatic N) is 3. The standard InChI is InChI=1S/C18H14N4O3S/c1-25-18(24)14-10-22(9-13-15(14)20-21-16(13)23)8-11-3-2-4-12(7-11)17-19-5-6-26-17/h2-7,9-10H,8H2,1H3,(H,21,23). The van der Waals surface area contributed by atoms with Gasteiger partial charge in [-0.05, 0) is 11.6 Å². The number of benzene rings is 1. The van der Waals surface area contributed by atoms with E-state index in [1.54, 1.807) is 34.5 Å². The first kappa shape index (κ1) is 16.2. The predicted octanol–water partition coefficient (Wildman–Crippen LogP) is 2.63. The summed E-state index contributed by atoms with van der Waals surface area (Å²) in [5.74, 6) is -0.535. The van der Waals surface area contributed by atoms with Gasteiger partial charge in [-0.3, -0.25) is 4.79 Å². The van der Waals surface area contributed by atoms with Gasteiger partial charge >= 0.3 is 5.97 Å². The van der Waals surface area contributed by atoms with Gasteiger partial charge in [0.2, 0.25) is 0 Å². The lowest BCUT2D eigenvalue weighted by Crippen LogP contribution is -2.12. The molecule has 1 N–H and O–H groups in total. The molecule has 0 bridgehead atoms. The Labute approximate surface area is 152 Å². The van der Waals surface area contributed by atoms with Crippen LogP contribution in [-0.2, 0) is 11.3 Å². The Hall–Kier alpha value is -3.26. The number of methoxy groups -OCH3 is 1. The number of aromatic amines is 1. The number of ether oxygens (including phenoxy) is 1. The van der Waals surface area contributed by atoms with Crippen molar-refractivity contribution in [2.24, 2.45) is 0 Å². The molecule has 0 atom stereocenters. The van der Waals surface area contributed by atoms with Crippen molar-refractivity contribution in [1.29, 1.82) is 0 Å². The number of hydrogen-bond donors (Lipinski definition) is 1. The zero-order valence-corrected chi connectivity index (χ0v) is 14.6. The molecule has 0 saturated heterocycles. The Bertz CT molecular complexity index is 1100. The van der Waals surface area contributed by atoms with Crippen LogP contribution in [0.15, 0.2) is 53.0 Å². The SMILES string of the molecule is COC(=O)c1cn(Cc2cccc(-c3nccs3)c2)cc2c(=O)[nH]nc1-2. The lowest BCUT2D eigenvalue weighted by molar-refractivity contribution is 0.0600. The molecule has 130 valence electrons. The molecule has 0 spiro atoms. The van der Waals surface area contributed by atoms with Crippen LogP contribution in [0.5, 0.6) is 0 Å². The molecule has 0 aliphatic carbocycles. The van der Waals surface area contributed by atoms with Crippen LogP contribution in [0.3, 0.4) is 0 Å². The van der Waals surface area contributed by atoms with Crippen LogP contribution in [0.25, 0.3) is 21.8 Å². The number of rotatable bonds is 4. The highest BCUT2D eigenvalue weighted by atomic mass is 32.1. The van der Waals surface area contributed by atoms with Gasteiger partial charge in [0, 0.05) is 36.1 Å². The van der Waals surface area contributed by atoms with Gasteiger partial charge in [-0.25, -0.2) is 14.9 Å². The van der Waals surface area contributed by atoms with E-state index in [-0.39, 0.29) is 11.1 Å². The van der Waals surface area contributed by atoms with Gasteiger partial charge in [0.15, 0.2) is 0 Å².